The van der Waals surface area contributed by atoms with Crippen LogP contribution in [0.5, 0.6) is 0 Å². The number of aryl methyl sites for hydroxylation is 2. The number of amides is 1. The fraction of sp³-hybridized carbons (Fsp3) is 0.462. The average molecular weight is 219 g/mol. The predicted octanol–water partition coefficient (Wildman–Crippen LogP) is 1.66. The quantitative estimate of drug-likeness (QED) is 0.821. The Labute approximate surface area is 95.7 Å². The van der Waals surface area contributed by atoms with E-state index in [9.17, 15) is 9.90 Å². The van der Waals surface area contributed by atoms with E-state index in [1.54, 1.807) is 4.90 Å². The number of hydrogen-bond acceptors (Lipinski definition) is 2. The Kier molecular flexibility index (Phi) is 2.97. The van der Waals surface area contributed by atoms with Gasteiger partial charge in [-0.1, -0.05) is 25.1 Å². The largest absolute Gasteiger partial charge is 0.383 e. The van der Waals surface area contributed by atoms with Crippen molar-refractivity contribution in [1.29, 1.82) is 0 Å². The number of benzene rings is 1. The van der Waals surface area contributed by atoms with Gasteiger partial charge in [0.2, 0.25) is 0 Å². The van der Waals surface area contributed by atoms with Gasteiger partial charge in [0.05, 0.1) is 0 Å². The summed E-state index contributed by atoms with van der Waals surface area (Å²) in [6, 6.07) is 6.06. The maximum atomic E-state index is 11.8. The Morgan fingerprint density at radius 2 is 2.25 bits per heavy atom. The number of aliphatic hydroxyl groups excluding tert-OH is 1. The van der Waals surface area contributed by atoms with Crippen molar-refractivity contribution in [3.63, 3.8) is 0 Å². The molecule has 86 valence electrons. The fourth-order valence-electron chi connectivity index (χ4n) is 2.28. The lowest BCUT2D eigenvalue weighted by Crippen LogP contribution is -2.30. The topological polar surface area (TPSA) is 40.5 Å². The first-order valence-corrected chi connectivity index (χ1v) is 5.73. The first kappa shape index (κ1) is 11.1. The molecule has 1 aliphatic heterocycles. The molecule has 1 atom stereocenters. The van der Waals surface area contributed by atoms with Gasteiger partial charge in [-0.05, 0) is 24.5 Å². The summed E-state index contributed by atoms with van der Waals surface area (Å²) in [6.07, 6.45) is 0.622. The Morgan fingerprint density at radius 1 is 1.50 bits per heavy atom. The molecule has 1 amide bonds. The molecule has 0 saturated carbocycles. The van der Waals surface area contributed by atoms with Crippen molar-refractivity contribution >= 4 is 11.6 Å². The fourth-order valence-corrected chi connectivity index (χ4v) is 2.28. The van der Waals surface area contributed by atoms with Crippen molar-refractivity contribution in [2.75, 3.05) is 11.4 Å². The van der Waals surface area contributed by atoms with Crippen LogP contribution in [0.1, 0.15) is 24.5 Å². The van der Waals surface area contributed by atoms with Crippen LogP contribution in [0.15, 0.2) is 18.2 Å². The number of aliphatic hydroxyl groups is 1. The van der Waals surface area contributed by atoms with Gasteiger partial charge in [-0.3, -0.25) is 4.79 Å². The summed E-state index contributed by atoms with van der Waals surface area (Å²) in [4.78, 5) is 13.5. The molecule has 3 nitrogen and oxygen atoms in total. The molecule has 1 unspecified atom stereocenters. The predicted molar refractivity (Wildman–Crippen MR) is 63.5 cm³/mol. The molecule has 3 heteroatoms. The third kappa shape index (κ3) is 1.71. The second-order valence-corrected chi connectivity index (χ2v) is 4.23. The van der Waals surface area contributed by atoms with Gasteiger partial charge in [0.1, 0.15) is 6.10 Å². The Hall–Kier alpha value is -1.35. The van der Waals surface area contributed by atoms with E-state index < -0.39 is 6.10 Å². The Bertz CT molecular complexity index is 414. The van der Waals surface area contributed by atoms with Crippen LogP contribution in [0.4, 0.5) is 5.69 Å². The molecule has 1 aliphatic rings. The lowest BCUT2D eigenvalue weighted by Gasteiger charge is -2.21. The lowest BCUT2D eigenvalue weighted by atomic mass is 10.0. The minimum Gasteiger partial charge on any atom is -0.383 e. The highest BCUT2D eigenvalue weighted by atomic mass is 16.3. The number of anilines is 1. The number of rotatable bonds is 2. The molecular formula is C13H17NO2. The average Bonchev–Trinajstić information content (AvgIpc) is 2.60. The standard InChI is InChI=1S/C13H17NO2/c1-3-10-6-4-5-9(2)12(10)14-8-7-11(15)13(14)16/h4-6,11,15H,3,7-8H2,1-2H3. The van der Waals surface area contributed by atoms with Crippen molar-refractivity contribution in [2.45, 2.75) is 32.8 Å². The zero-order valence-corrected chi connectivity index (χ0v) is 9.73. The summed E-state index contributed by atoms with van der Waals surface area (Å²) >= 11 is 0. The van der Waals surface area contributed by atoms with Crippen molar-refractivity contribution < 1.29 is 9.90 Å². The lowest BCUT2D eigenvalue weighted by molar-refractivity contribution is -0.124. The molecule has 0 aliphatic carbocycles. The van der Waals surface area contributed by atoms with E-state index in [0.29, 0.717) is 13.0 Å². The maximum absolute atomic E-state index is 11.8. The third-order valence-corrected chi connectivity index (χ3v) is 3.15. The molecule has 1 aromatic rings. The molecule has 1 fully saturated rings. The second-order valence-electron chi connectivity index (χ2n) is 4.23. The summed E-state index contributed by atoms with van der Waals surface area (Å²) in [5, 5.41) is 9.49. The summed E-state index contributed by atoms with van der Waals surface area (Å²) in [5.41, 5.74) is 3.26. The maximum Gasteiger partial charge on any atom is 0.255 e. The number of carbonyl (C=O) groups excluding carboxylic acids is 1. The number of hydrogen-bond donors (Lipinski definition) is 1. The van der Waals surface area contributed by atoms with Crippen molar-refractivity contribution in [3.05, 3.63) is 29.3 Å². The number of carbonyl (C=O) groups is 1. The van der Waals surface area contributed by atoms with Crippen LogP contribution >= 0.6 is 0 Å². The number of nitrogens with zero attached hydrogens (tertiary/aromatic N) is 1. The molecule has 0 radical (unpaired) electrons. The molecule has 16 heavy (non-hydrogen) atoms. The Morgan fingerprint density at radius 3 is 2.81 bits per heavy atom. The van der Waals surface area contributed by atoms with E-state index in [4.69, 9.17) is 0 Å². The van der Waals surface area contributed by atoms with Gasteiger partial charge in [0.15, 0.2) is 0 Å². The van der Waals surface area contributed by atoms with E-state index in [0.717, 1.165) is 17.7 Å². The van der Waals surface area contributed by atoms with Crippen LogP contribution in [0.25, 0.3) is 0 Å². The van der Waals surface area contributed by atoms with Gasteiger partial charge in [-0.2, -0.15) is 0 Å². The zero-order chi connectivity index (χ0) is 11.7. The molecule has 1 N–H and O–H groups in total. The summed E-state index contributed by atoms with van der Waals surface area (Å²) in [6.45, 7) is 4.71. The minimum absolute atomic E-state index is 0.163. The van der Waals surface area contributed by atoms with Crippen LogP contribution in [0.2, 0.25) is 0 Å². The highest BCUT2D eigenvalue weighted by Crippen LogP contribution is 2.29. The van der Waals surface area contributed by atoms with E-state index in [1.807, 2.05) is 25.1 Å². The molecule has 0 aromatic heterocycles. The van der Waals surface area contributed by atoms with E-state index in [2.05, 4.69) is 6.92 Å². The van der Waals surface area contributed by atoms with Crippen LogP contribution in [-0.4, -0.2) is 23.7 Å². The molecule has 2 rings (SSSR count). The van der Waals surface area contributed by atoms with E-state index in [-0.39, 0.29) is 5.91 Å². The van der Waals surface area contributed by atoms with E-state index >= 15 is 0 Å². The third-order valence-electron chi connectivity index (χ3n) is 3.15. The summed E-state index contributed by atoms with van der Waals surface area (Å²) in [7, 11) is 0. The first-order valence-electron chi connectivity index (χ1n) is 5.73. The molecule has 1 aromatic carbocycles. The van der Waals surface area contributed by atoms with Gasteiger partial charge < -0.3 is 10.0 Å². The van der Waals surface area contributed by atoms with Gasteiger partial charge >= 0.3 is 0 Å². The first-order chi connectivity index (χ1) is 7.65. The summed E-state index contributed by atoms with van der Waals surface area (Å²) < 4.78 is 0. The molecule has 0 bridgehead atoms. The van der Waals surface area contributed by atoms with Crippen molar-refractivity contribution in [3.8, 4) is 0 Å². The van der Waals surface area contributed by atoms with Gasteiger partial charge in [-0.15, -0.1) is 0 Å². The van der Waals surface area contributed by atoms with E-state index in [1.165, 1.54) is 5.56 Å². The molecule has 1 saturated heterocycles. The second kappa shape index (κ2) is 4.26. The van der Waals surface area contributed by atoms with Gasteiger partial charge in [0.25, 0.3) is 5.91 Å². The van der Waals surface area contributed by atoms with Crippen LogP contribution in [-0.2, 0) is 11.2 Å². The van der Waals surface area contributed by atoms with Crippen LogP contribution in [0, 0.1) is 6.92 Å². The molecule has 0 spiro atoms. The smallest absolute Gasteiger partial charge is 0.255 e. The Balaban J connectivity index is 2.43. The van der Waals surface area contributed by atoms with Crippen molar-refractivity contribution in [1.82, 2.24) is 0 Å². The highest BCUT2D eigenvalue weighted by molar-refractivity contribution is 5.99. The normalized spacial score (nSPS) is 20.6. The highest BCUT2D eigenvalue weighted by Gasteiger charge is 2.32. The molecule has 1 heterocycles. The monoisotopic (exact) mass is 219 g/mol. The summed E-state index contributed by atoms with van der Waals surface area (Å²) in [5.74, 6) is -0.163. The minimum atomic E-state index is -0.815. The van der Waals surface area contributed by atoms with Gasteiger partial charge in [0, 0.05) is 18.7 Å². The SMILES string of the molecule is CCc1cccc(C)c1N1CCC(O)C1=O. The zero-order valence-electron chi connectivity index (χ0n) is 9.73. The van der Waals surface area contributed by atoms with Gasteiger partial charge in [-0.25, -0.2) is 0 Å². The van der Waals surface area contributed by atoms with Crippen LogP contribution in [0.3, 0.4) is 0 Å². The molecular weight excluding hydrogens is 202 g/mol. The number of para-hydroxylation sites is 1. The van der Waals surface area contributed by atoms with Crippen molar-refractivity contribution in [2.24, 2.45) is 0 Å². The van der Waals surface area contributed by atoms with Crippen LogP contribution < -0.4 is 4.90 Å².